The maximum absolute atomic E-state index is 4.32. The van der Waals surface area contributed by atoms with Gasteiger partial charge in [-0.2, -0.15) is 0 Å². The maximum Gasteiger partial charge on any atom is 0.158 e. The summed E-state index contributed by atoms with van der Waals surface area (Å²) in [6.45, 7) is 3.95. The first-order valence-electron chi connectivity index (χ1n) is 4.07. The fraction of sp³-hybridized carbons (Fsp3) is 0.222. The molecule has 66 valence electrons. The molecule has 0 bridgehead atoms. The molecular weight excluding hydrogens is 164 g/mol. The Morgan fingerprint density at radius 1 is 1.23 bits per heavy atom. The molecular formula is C9H10N4. The minimum absolute atomic E-state index is 0.777. The van der Waals surface area contributed by atoms with Crippen molar-refractivity contribution in [3.8, 4) is 11.5 Å². The first-order valence-corrected chi connectivity index (χ1v) is 4.07. The van der Waals surface area contributed by atoms with Gasteiger partial charge in [0.25, 0.3) is 0 Å². The van der Waals surface area contributed by atoms with E-state index in [0.29, 0.717) is 0 Å². The van der Waals surface area contributed by atoms with Gasteiger partial charge in [0.2, 0.25) is 0 Å². The number of nitrogens with one attached hydrogen (secondary N) is 1. The molecule has 2 rings (SSSR count). The van der Waals surface area contributed by atoms with Crippen LogP contribution in [0.3, 0.4) is 0 Å². The first-order chi connectivity index (χ1) is 6.27. The number of hydrogen-bond acceptors (Lipinski definition) is 3. The second-order valence-electron chi connectivity index (χ2n) is 2.89. The van der Waals surface area contributed by atoms with E-state index in [0.717, 1.165) is 22.9 Å². The van der Waals surface area contributed by atoms with Crippen LogP contribution in [0.15, 0.2) is 18.6 Å². The van der Waals surface area contributed by atoms with Crippen LogP contribution >= 0.6 is 0 Å². The van der Waals surface area contributed by atoms with Crippen LogP contribution in [0, 0.1) is 13.8 Å². The summed E-state index contributed by atoms with van der Waals surface area (Å²) in [6, 6.07) is 0. The number of aromatic nitrogens is 4. The van der Waals surface area contributed by atoms with Crippen LogP contribution < -0.4 is 0 Å². The lowest BCUT2D eigenvalue weighted by Crippen LogP contribution is -1.85. The van der Waals surface area contributed by atoms with Gasteiger partial charge in [0.05, 0.1) is 11.9 Å². The number of imidazole rings is 1. The minimum atomic E-state index is 0.777. The lowest BCUT2D eigenvalue weighted by molar-refractivity contribution is 1.15. The fourth-order valence-electron chi connectivity index (χ4n) is 1.09. The summed E-state index contributed by atoms with van der Waals surface area (Å²) in [5.41, 5.74) is 2.85. The van der Waals surface area contributed by atoms with E-state index in [1.165, 1.54) is 0 Å². The molecule has 2 aromatic heterocycles. The third-order valence-electron chi connectivity index (χ3n) is 1.93. The lowest BCUT2D eigenvalue weighted by atomic mass is 10.4. The van der Waals surface area contributed by atoms with E-state index in [9.17, 15) is 0 Å². The summed E-state index contributed by atoms with van der Waals surface area (Å²) in [7, 11) is 0. The van der Waals surface area contributed by atoms with Crippen molar-refractivity contribution in [3.05, 3.63) is 30.0 Å². The number of aryl methyl sites for hydroxylation is 2. The first kappa shape index (κ1) is 7.91. The third kappa shape index (κ3) is 1.42. The molecule has 0 spiro atoms. The molecule has 0 amide bonds. The number of nitrogens with zero attached hydrogens (tertiary/aromatic N) is 3. The second-order valence-corrected chi connectivity index (χ2v) is 2.89. The maximum atomic E-state index is 4.32. The van der Waals surface area contributed by atoms with E-state index in [2.05, 4.69) is 19.9 Å². The number of hydrogen-bond donors (Lipinski definition) is 1. The molecule has 0 atom stereocenters. The zero-order chi connectivity index (χ0) is 9.26. The second kappa shape index (κ2) is 2.97. The molecule has 4 heteroatoms. The molecule has 0 aromatic carbocycles. The Balaban J connectivity index is 2.48. The summed E-state index contributed by atoms with van der Waals surface area (Å²) in [5.74, 6) is 0.781. The van der Waals surface area contributed by atoms with Crippen molar-refractivity contribution in [2.75, 3.05) is 0 Å². The minimum Gasteiger partial charge on any atom is -0.341 e. The predicted octanol–water partition coefficient (Wildman–Crippen LogP) is 1.48. The Morgan fingerprint density at radius 3 is 2.62 bits per heavy atom. The van der Waals surface area contributed by atoms with Gasteiger partial charge in [0.15, 0.2) is 5.82 Å². The standard InChI is InChI=1S/C9H10N4/c1-6-7(2)13-9(12-6)8-5-10-3-4-11-8/h3-5H,1-2H3,(H,12,13). The van der Waals surface area contributed by atoms with E-state index >= 15 is 0 Å². The topological polar surface area (TPSA) is 54.5 Å². The van der Waals surface area contributed by atoms with Crippen molar-refractivity contribution >= 4 is 0 Å². The molecule has 0 aliphatic heterocycles. The average molecular weight is 174 g/mol. The van der Waals surface area contributed by atoms with Gasteiger partial charge in [0, 0.05) is 18.1 Å². The van der Waals surface area contributed by atoms with Gasteiger partial charge in [-0.1, -0.05) is 0 Å². The van der Waals surface area contributed by atoms with Crippen molar-refractivity contribution in [3.63, 3.8) is 0 Å². The van der Waals surface area contributed by atoms with E-state index < -0.39 is 0 Å². The molecule has 0 aliphatic rings. The van der Waals surface area contributed by atoms with E-state index in [-0.39, 0.29) is 0 Å². The Hall–Kier alpha value is -1.71. The van der Waals surface area contributed by atoms with Crippen molar-refractivity contribution in [1.29, 1.82) is 0 Å². The molecule has 1 N–H and O–H groups in total. The SMILES string of the molecule is Cc1nc(-c2cnccn2)[nH]c1C. The Kier molecular flexibility index (Phi) is 1.81. The molecule has 13 heavy (non-hydrogen) atoms. The lowest BCUT2D eigenvalue weighted by Gasteiger charge is -1.91. The smallest absolute Gasteiger partial charge is 0.158 e. The van der Waals surface area contributed by atoms with Gasteiger partial charge in [-0.05, 0) is 13.8 Å². The quantitative estimate of drug-likeness (QED) is 0.712. The van der Waals surface area contributed by atoms with Gasteiger partial charge in [-0.3, -0.25) is 4.98 Å². The number of rotatable bonds is 1. The Morgan fingerprint density at radius 2 is 2.08 bits per heavy atom. The highest BCUT2D eigenvalue weighted by Crippen LogP contribution is 2.12. The number of aromatic amines is 1. The van der Waals surface area contributed by atoms with Crippen LogP contribution in [-0.4, -0.2) is 19.9 Å². The van der Waals surface area contributed by atoms with Crippen LogP contribution in [0.5, 0.6) is 0 Å². The van der Waals surface area contributed by atoms with E-state index in [4.69, 9.17) is 0 Å². The van der Waals surface area contributed by atoms with Gasteiger partial charge in [0.1, 0.15) is 5.69 Å². The van der Waals surface area contributed by atoms with Crippen LogP contribution in [0.25, 0.3) is 11.5 Å². The Labute approximate surface area is 76.1 Å². The molecule has 0 aliphatic carbocycles. The molecule has 2 heterocycles. The van der Waals surface area contributed by atoms with Gasteiger partial charge >= 0.3 is 0 Å². The zero-order valence-corrected chi connectivity index (χ0v) is 7.57. The average Bonchev–Trinajstić information content (AvgIpc) is 2.49. The summed E-state index contributed by atoms with van der Waals surface area (Å²) in [5, 5.41) is 0. The summed E-state index contributed by atoms with van der Waals surface area (Å²) in [6.07, 6.45) is 4.99. The largest absolute Gasteiger partial charge is 0.341 e. The van der Waals surface area contributed by atoms with E-state index in [1.807, 2.05) is 13.8 Å². The molecule has 0 saturated heterocycles. The van der Waals surface area contributed by atoms with Crippen LogP contribution in [0.2, 0.25) is 0 Å². The van der Waals surface area contributed by atoms with Gasteiger partial charge in [-0.15, -0.1) is 0 Å². The van der Waals surface area contributed by atoms with Crippen LogP contribution in [-0.2, 0) is 0 Å². The normalized spacial score (nSPS) is 10.3. The van der Waals surface area contributed by atoms with Crippen molar-refractivity contribution in [2.24, 2.45) is 0 Å². The van der Waals surface area contributed by atoms with Gasteiger partial charge < -0.3 is 4.98 Å². The molecule has 0 saturated carbocycles. The highest BCUT2D eigenvalue weighted by molar-refractivity contribution is 5.48. The molecule has 2 aromatic rings. The molecule has 0 fully saturated rings. The highest BCUT2D eigenvalue weighted by atomic mass is 15.0. The number of H-pyrrole nitrogens is 1. The monoisotopic (exact) mass is 174 g/mol. The molecule has 4 nitrogen and oxygen atoms in total. The van der Waals surface area contributed by atoms with Crippen molar-refractivity contribution in [1.82, 2.24) is 19.9 Å². The fourth-order valence-corrected chi connectivity index (χ4v) is 1.09. The van der Waals surface area contributed by atoms with Crippen LogP contribution in [0.4, 0.5) is 0 Å². The summed E-state index contributed by atoms with van der Waals surface area (Å²) in [4.78, 5) is 15.6. The predicted molar refractivity (Wildman–Crippen MR) is 49.1 cm³/mol. The zero-order valence-electron chi connectivity index (χ0n) is 7.57. The summed E-state index contributed by atoms with van der Waals surface area (Å²) >= 11 is 0. The molecule has 0 unspecified atom stereocenters. The highest BCUT2D eigenvalue weighted by Gasteiger charge is 2.05. The van der Waals surface area contributed by atoms with Gasteiger partial charge in [-0.25, -0.2) is 9.97 Å². The third-order valence-corrected chi connectivity index (χ3v) is 1.93. The van der Waals surface area contributed by atoms with Crippen molar-refractivity contribution < 1.29 is 0 Å². The Bertz CT molecular complexity index is 385. The molecule has 0 radical (unpaired) electrons. The van der Waals surface area contributed by atoms with E-state index in [1.54, 1.807) is 18.6 Å². The summed E-state index contributed by atoms with van der Waals surface area (Å²) < 4.78 is 0. The van der Waals surface area contributed by atoms with Crippen molar-refractivity contribution in [2.45, 2.75) is 13.8 Å². The van der Waals surface area contributed by atoms with Crippen LogP contribution in [0.1, 0.15) is 11.4 Å².